The average Bonchev–Trinajstić information content (AvgIpc) is 3.01. The minimum Gasteiger partial charge on any atom is -0.456 e. The van der Waals surface area contributed by atoms with Crippen molar-refractivity contribution in [3.63, 3.8) is 0 Å². The zero-order valence-electron chi connectivity index (χ0n) is 14.9. The van der Waals surface area contributed by atoms with E-state index in [0.717, 1.165) is 17.8 Å². The van der Waals surface area contributed by atoms with Crippen LogP contribution in [0.1, 0.15) is 18.1 Å². The molecule has 144 valence electrons. The van der Waals surface area contributed by atoms with Gasteiger partial charge >= 0.3 is 0 Å². The Kier molecular flexibility index (Phi) is 5.71. The number of carbonyl (C=O) groups is 2. The number of amidine groups is 1. The Bertz CT molecular complexity index is 1120. The van der Waals surface area contributed by atoms with Crippen molar-refractivity contribution in [1.82, 2.24) is 5.32 Å². The zero-order valence-corrected chi connectivity index (χ0v) is 15.7. The molecule has 0 bridgehead atoms. The van der Waals surface area contributed by atoms with Crippen LogP contribution in [0.15, 0.2) is 52.4 Å². The fourth-order valence-corrected chi connectivity index (χ4v) is 3.19. The summed E-state index contributed by atoms with van der Waals surface area (Å²) in [6, 6.07) is 12.3. The minimum atomic E-state index is -0.587. The van der Waals surface area contributed by atoms with Crippen molar-refractivity contribution >= 4 is 40.5 Å². The number of aliphatic imine (C=N–C) groups is 1. The maximum atomic E-state index is 11.9. The van der Waals surface area contributed by atoms with Gasteiger partial charge < -0.3 is 10.1 Å². The van der Waals surface area contributed by atoms with Crippen LogP contribution < -0.4 is 10.1 Å². The van der Waals surface area contributed by atoms with E-state index in [0.29, 0.717) is 16.2 Å². The SMILES string of the molecule is CC(=O)NC1=NC(=O)C(=Cc2ccc(Oc3ccc([N+](=O)[O-])cc3C#N)cc2)S1. The summed E-state index contributed by atoms with van der Waals surface area (Å²) in [5.74, 6) is -0.143. The Labute approximate surface area is 168 Å². The Morgan fingerprint density at radius 1 is 1.31 bits per heavy atom. The Morgan fingerprint density at radius 2 is 2.03 bits per heavy atom. The molecule has 2 aromatic carbocycles. The van der Waals surface area contributed by atoms with Gasteiger partial charge in [-0.25, -0.2) is 0 Å². The van der Waals surface area contributed by atoms with Gasteiger partial charge in [-0.05, 0) is 41.6 Å². The molecule has 1 N–H and O–H groups in total. The third-order valence-corrected chi connectivity index (χ3v) is 4.50. The highest BCUT2D eigenvalue weighted by atomic mass is 32.2. The van der Waals surface area contributed by atoms with Gasteiger partial charge in [0.25, 0.3) is 11.6 Å². The maximum absolute atomic E-state index is 11.9. The van der Waals surface area contributed by atoms with Gasteiger partial charge in [-0.15, -0.1) is 0 Å². The largest absolute Gasteiger partial charge is 0.456 e. The topological polar surface area (TPSA) is 135 Å². The Morgan fingerprint density at radius 3 is 2.66 bits per heavy atom. The first-order valence-corrected chi connectivity index (χ1v) is 8.94. The molecule has 0 saturated heterocycles. The minimum absolute atomic E-state index is 0.0426. The summed E-state index contributed by atoms with van der Waals surface area (Å²) in [6.45, 7) is 1.33. The van der Waals surface area contributed by atoms with Crippen molar-refractivity contribution in [2.45, 2.75) is 6.92 Å². The van der Waals surface area contributed by atoms with E-state index in [9.17, 15) is 25.0 Å². The number of amides is 2. The number of thioether (sulfide) groups is 1. The van der Waals surface area contributed by atoms with Gasteiger partial charge in [-0.3, -0.25) is 19.7 Å². The fourth-order valence-electron chi connectivity index (χ4n) is 2.33. The standard InChI is InChI=1S/C19H12N4O5S/c1-11(24)21-19-22-18(25)17(29-19)8-12-2-5-15(6-3-12)28-16-7-4-14(23(26)27)9-13(16)10-20/h2-9H,1H3,(H,21,22,24,25). The van der Waals surface area contributed by atoms with Crippen LogP contribution >= 0.6 is 11.8 Å². The molecule has 1 aliphatic rings. The Hall–Kier alpha value is -3.97. The molecular weight excluding hydrogens is 396 g/mol. The van der Waals surface area contributed by atoms with Crippen LogP contribution in [0.5, 0.6) is 11.5 Å². The quantitative estimate of drug-likeness (QED) is 0.465. The van der Waals surface area contributed by atoms with Crippen molar-refractivity contribution in [2.24, 2.45) is 4.99 Å². The highest BCUT2D eigenvalue weighted by Crippen LogP contribution is 2.30. The first-order valence-electron chi connectivity index (χ1n) is 8.12. The number of carbonyl (C=O) groups excluding carboxylic acids is 2. The smallest absolute Gasteiger partial charge is 0.286 e. The maximum Gasteiger partial charge on any atom is 0.286 e. The lowest BCUT2D eigenvalue weighted by Crippen LogP contribution is -2.23. The summed E-state index contributed by atoms with van der Waals surface area (Å²) < 4.78 is 5.63. The van der Waals surface area contributed by atoms with E-state index in [1.54, 1.807) is 30.3 Å². The lowest BCUT2D eigenvalue weighted by Gasteiger charge is -2.07. The highest BCUT2D eigenvalue weighted by molar-refractivity contribution is 8.18. The van der Waals surface area contributed by atoms with Crippen molar-refractivity contribution in [3.8, 4) is 17.6 Å². The number of non-ortho nitro benzene ring substituents is 1. The first-order chi connectivity index (χ1) is 13.9. The van der Waals surface area contributed by atoms with E-state index >= 15 is 0 Å². The van der Waals surface area contributed by atoms with Gasteiger partial charge in [0.15, 0.2) is 5.17 Å². The molecule has 3 rings (SSSR count). The molecule has 0 unspecified atom stereocenters. The molecule has 9 nitrogen and oxygen atoms in total. The lowest BCUT2D eigenvalue weighted by molar-refractivity contribution is -0.384. The molecule has 10 heteroatoms. The predicted octanol–water partition coefficient (Wildman–Crippen LogP) is 3.37. The van der Waals surface area contributed by atoms with Gasteiger partial charge in [0.1, 0.15) is 23.1 Å². The number of hydrogen-bond donors (Lipinski definition) is 1. The average molecular weight is 408 g/mol. The van der Waals surface area contributed by atoms with E-state index < -0.39 is 10.8 Å². The molecule has 0 fully saturated rings. The summed E-state index contributed by atoms with van der Waals surface area (Å²) in [6.07, 6.45) is 1.63. The molecule has 0 spiro atoms. The van der Waals surface area contributed by atoms with Crippen LogP contribution in [0.2, 0.25) is 0 Å². The lowest BCUT2D eigenvalue weighted by atomic mass is 10.2. The van der Waals surface area contributed by atoms with Crippen LogP contribution in [-0.4, -0.2) is 21.9 Å². The van der Waals surface area contributed by atoms with Crippen molar-refractivity contribution < 1.29 is 19.2 Å². The molecule has 0 aromatic heterocycles. The third-order valence-electron chi connectivity index (χ3n) is 3.60. The summed E-state index contributed by atoms with van der Waals surface area (Å²) in [5, 5.41) is 22.7. The molecule has 29 heavy (non-hydrogen) atoms. The van der Waals surface area contributed by atoms with Crippen LogP contribution in [0.25, 0.3) is 6.08 Å². The van der Waals surface area contributed by atoms with Gasteiger partial charge in [-0.2, -0.15) is 10.3 Å². The number of nitro groups is 1. The molecule has 1 aliphatic heterocycles. The molecule has 0 aliphatic carbocycles. The second-order valence-electron chi connectivity index (χ2n) is 5.73. The number of ether oxygens (including phenoxy) is 1. The van der Waals surface area contributed by atoms with Gasteiger partial charge in [0, 0.05) is 19.1 Å². The molecule has 0 atom stereocenters. The van der Waals surface area contributed by atoms with E-state index in [-0.39, 0.29) is 28.1 Å². The number of hydrogen-bond acceptors (Lipinski definition) is 7. The fraction of sp³-hybridized carbons (Fsp3) is 0.0526. The molecule has 2 amide bonds. The number of rotatable bonds is 4. The summed E-state index contributed by atoms with van der Waals surface area (Å²) in [7, 11) is 0. The summed E-state index contributed by atoms with van der Waals surface area (Å²) in [4.78, 5) is 37.3. The Balaban J connectivity index is 1.73. The molecular formula is C19H12N4O5S. The van der Waals surface area contributed by atoms with Gasteiger partial charge in [0.05, 0.1) is 9.83 Å². The third kappa shape index (κ3) is 4.85. The van der Waals surface area contributed by atoms with Gasteiger partial charge in [-0.1, -0.05) is 12.1 Å². The number of benzene rings is 2. The molecule has 2 aromatic rings. The summed E-state index contributed by atoms with van der Waals surface area (Å²) >= 11 is 1.06. The van der Waals surface area contributed by atoms with E-state index in [1.165, 1.54) is 19.1 Å². The second-order valence-corrected chi connectivity index (χ2v) is 6.77. The van der Waals surface area contributed by atoms with Crippen molar-refractivity contribution in [3.05, 3.63) is 68.6 Å². The molecule has 1 heterocycles. The molecule has 0 radical (unpaired) electrons. The number of nitriles is 1. The van der Waals surface area contributed by atoms with Gasteiger partial charge in [0.2, 0.25) is 5.91 Å². The van der Waals surface area contributed by atoms with Crippen LogP contribution in [-0.2, 0) is 9.59 Å². The summed E-state index contributed by atoms with van der Waals surface area (Å²) in [5.41, 5.74) is 0.549. The van der Waals surface area contributed by atoms with Crippen molar-refractivity contribution in [1.29, 1.82) is 5.26 Å². The zero-order chi connectivity index (χ0) is 21.0. The van der Waals surface area contributed by atoms with E-state index in [2.05, 4.69) is 10.3 Å². The normalized spacial score (nSPS) is 14.3. The van der Waals surface area contributed by atoms with Crippen LogP contribution in [0, 0.1) is 21.4 Å². The number of nitro benzene ring substituents is 1. The van der Waals surface area contributed by atoms with Crippen LogP contribution in [0.3, 0.4) is 0 Å². The predicted molar refractivity (Wildman–Crippen MR) is 106 cm³/mol. The number of nitrogens with one attached hydrogen (secondary N) is 1. The first kappa shape index (κ1) is 19.8. The second kappa shape index (κ2) is 8.37. The number of nitrogens with zero attached hydrogens (tertiary/aromatic N) is 3. The van der Waals surface area contributed by atoms with Crippen molar-refractivity contribution in [2.75, 3.05) is 0 Å². The van der Waals surface area contributed by atoms with Crippen LogP contribution in [0.4, 0.5) is 5.69 Å². The highest BCUT2D eigenvalue weighted by Gasteiger charge is 2.22. The van der Waals surface area contributed by atoms with E-state index in [1.807, 2.05) is 6.07 Å². The monoisotopic (exact) mass is 408 g/mol. The molecule has 0 saturated carbocycles. The van der Waals surface area contributed by atoms with E-state index in [4.69, 9.17) is 4.74 Å².